The first-order valence-corrected chi connectivity index (χ1v) is 5.03. The Morgan fingerprint density at radius 3 is 2.76 bits per heavy atom. The predicted octanol–water partition coefficient (Wildman–Crippen LogP) is 1.23. The molecule has 5 nitrogen and oxygen atoms in total. The van der Waals surface area contributed by atoms with Crippen molar-refractivity contribution in [1.29, 1.82) is 5.26 Å². The van der Waals surface area contributed by atoms with Gasteiger partial charge < -0.3 is 5.11 Å². The SMILES string of the molecule is N#Cc1ccc(C2=CCON2CC(=O)O)cc1. The topological polar surface area (TPSA) is 73.6 Å². The van der Waals surface area contributed by atoms with E-state index in [2.05, 4.69) is 0 Å². The van der Waals surface area contributed by atoms with Crippen LogP contribution in [0.4, 0.5) is 0 Å². The van der Waals surface area contributed by atoms with Gasteiger partial charge in [-0.25, -0.2) is 5.06 Å². The number of benzene rings is 1. The maximum absolute atomic E-state index is 10.6. The number of carboxylic acids is 1. The molecular formula is C12H10N2O3. The van der Waals surface area contributed by atoms with Crippen molar-refractivity contribution in [2.24, 2.45) is 0 Å². The van der Waals surface area contributed by atoms with Crippen LogP contribution in [0, 0.1) is 11.3 Å². The molecule has 0 fully saturated rings. The Balaban J connectivity index is 2.20. The van der Waals surface area contributed by atoms with E-state index in [0.29, 0.717) is 12.2 Å². The van der Waals surface area contributed by atoms with Crippen LogP contribution in [-0.2, 0) is 9.63 Å². The van der Waals surface area contributed by atoms with Crippen molar-refractivity contribution in [2.45, 2.75) is 0 Å². The standard InChI is InChI=1S/C12H10N2O3/c13-7-9-1-3-10(4-2-9)11-5-6-17-14(11)8-12(15)16/h1-5H,6,8H2,(H,15,16). The summed E-state index contributed by atoms with van der Waals surface area (Å²) in [6.07, 6.45) is 1.81. The highest BCUT2D eigenvalue weighted by Crippen LogP contribution is 2.24. The molecule has 17 heavy (non-hydrogen) atoms. The average Bonchev–Trinajstić information content (AvgIpc) is 2.76. The summed E-state index contributed by atoms with van der Waals surface area (Å²) in [4.78, 5) is 15.8. The fraction of sp³-hybridized carbons (Fsp3) is 0.167. The summed E-state index contributed by atoms with van der Waals surface area (Å²) in [7, 11) is 0. The molecule has 0 unspecified atom stereocenters. The lowest BCUT2D eigenvalue weighted by Crippen LogP contribution is -2.25. The zero-order chi connectivity index (χ0) is 12.3. The Labute approximate surface area is 98.1 Å². The number of hydroxylamine groups is 2. The molecule has 0 aromatic heterocycles. The summed E-state index contributed by atoms with van der Waals surface area (Å²) in [5.41, 5.74) is 2.12. The van der Waals surface area contributed by atoms with Gasteiger partial charge in [0.05, 0.1) is 23.9 Å². The maximum Gasteiger partial charge on any atom is 0.325 e. The van der Waals surface area contributed by atoms with Crippen LogP contribution in [0.15, 0.2) is 30.3 Å². The normalized spacial score (nSPS) is 14.3. The third-order valence-corrected chi connectivity index (χ3v) is 2.36. The summed E-state index contributed by atoms with van der Waals surface area (Å²) >= 11 is 0. The van der Waals surface area contributed by atoms with Crippen LogP contribution in [0.3, 0.4) is 0 Å². The Bertz CT molecular complexity index is 499. The summed E-state index contributed by atoms with van der Waals surface area (Å²) in [6, 6.07) is 8.95. The highest BCUT2D eigenvalue weighted by molar-refractivity contribution is 5.73. The van der Waals surface area contributed by atoms with Crippen LogP contribution in [-0.4, -0.2) is 29.3 Å². The summed E-state index contributed by atoms with van der Waals surface area (Å²) in [5.74, 6) is -0.952. The van der Waals surface area contributed by atoms with Gasteiger partial charge in [-0.05, 0) is 18.2 Å². The van der Waals surface area contributed by atoms with E-state index in [-0.39, 0.29) is 6.54 Å². The third kappa shape index (κ3) is 2.44. The van der Waals surface area contributed by atoms with Gasteiger partial charge in [0.1, 0.15) is 6.54 Å². The molecule has 1 heterocycles. The third-order valence-electron chi connectivity index (χ3n) is 2.36. The molecule has 2 rings (SSSR count). The minimum Gasteiger partial charge on any atom is -0.480 e. The van der Waals surface area contributed by atoms with Gasteiger partial charge in [-0.2, -0.15) is 5.26 Å². The molecule has 1 aromatic rings. The fourth-order valence-corrected chi connectivity index (χ4v) is 1.61. The first-order chi connectivity index (χ1) is 8.20. The molecule has 0 radical (unpaired) electrons. The molecule has 0 aliphatic carbocycles. The first kappa shape index (κ1) is 11.2. The van der Waals surface area contributed by atoms with Gasteiger partial charge in [0.25, 0.3) is 0 Å². The lowest BCUT2D eigenvalue weighted by Gasteiger charge is -2.18. The van der Waals surface area contributed by atoms with Crippen molar-refractivity contribution in [1.82, 2.24) is 5.06 Å². The lowest BCUT2D eigenvalue weighted by molar-refractivity contribution is -0.149. The van der Waals surface area contributed by atoms with E-state index in [0.717, 1.165) is 11.3 Å². The van der Waals surface area contributed by atoms with E-state index < -0.39 is 5.97 Å². The summed E-state index contributed by atoms with van der Waals surface area (Å²) in [5, 5.41) is 18.8. The van der Waals surface area contributed by atoms with E-state index in [9.17, 15) is 4.79 Å². The minimum atomic E-state index is -0.952. The largest absolute Gasteiger partial charge is 0.480 e. The molecule has 0 saturated carbocycles. The van der Waals surface area contributed by atoms with Gasteiger partial charge in [-0.3, -0.25) is 9.63 Å². The molecule has 0 spiro atoms. The molecule has 0 bridgehead atoms. The number of carbonyl (C=O) groups is 1. The highest BCUT2D eigenvalue weighted by atomic mass is 16.7. The van der Waals surface area contributed by atoms with Crippen LogP contribution in [0.5, 0.6) is 0 Å². The van der Waals surface area contributed by atoms with Gasteiger partial charge >= 0.3 is 5.97 Å². The zero-order valence-corrected chi connectivity index (χ0v) is 8.96. The molecule has 1 aromatic carbocycles. The number of nitrogens with zero attached hydrogens (tertiary/aromatic N) is 2. The molecular weight excluding hydrogens is 220 g/mol. The van der Waals surface area contributed by atoms with Crippen molar-refractivity contribution >= 4 is 11.7 Å². The summed E-state index contributed by atoms with van der Waals surface area (Å²) < 4.78 is 0. The minimum absolute atomic E-state index is 0.203. The van der Waals surface area contributed by atoms with E-state index in [4.69, 9.17) is 15.2 Å². The smallest absolute Gasteiger partial charge is 0.325 e. The zero-order valence-electron chi connectivity index (χ0n) is 8.96. The van der Waals surface area contributed by atoms with Gasteiger partial charge in [0.15, 0.2) is 0 Å². The monoisotopic (exact) mass is 230 g/mol. The highest BCUT2D eigenvalue weighted by Gasteiger charge is 2.20. The van der Waals surface area contributed by atoms with Crippen LogP contribution in [0.1, 0.15) is 11.1 Å². The van der Waals surface area contributed by atoms with Crippen LogP contribution >= 0.6 is 0 Å². The number of nitriles is 1. The Hall–Kier alpha value is -2.32. The maximum atomic E-state index is 10.6. The molecule has 86 valence electrons. The molecule has 1 aliphatic heterocycles. The van der Waals surface area contributed by atoms with Gasteiger partial charge in [-0.1, -0.05) is 12.1 Å². The van der Waals surface area contributed by atoms with Crippen molar-refractivity contribution in [3.05, 3.63) is 41.5 Å². The van der Waals surface area contributed by atoms with Crippen molar-refractivity contribution in [3.63, 3.8) is 0 Å². The quantitative estimate of drug-likeness (QED) is 0.845. The van der Waals surface area contributed by atoms with Crippen molar-refractivity contribution in [3.8, 4) is 6.07 Å². The molecule has 5 heteroatoms. The molecule has 0 amide bonds. The van der Waals surface area contributed by atoms with Gasteiger partial charge in [-0.15, -0.1) is 0 Å². The first-order valence-electron chi connectivity index (χ1n) is 5.03. The second kappa shape index (κ2) is 4.68. The lowest BCUT2D eigenvalue weighted by atomic mass is 10.1. The summed E-state index contributed by atoms with van der Waals surface area (Å²) in [6.45, 7) is 0.161. The van der Waals surface area contributed by atoms with E-state index in [1.807, 2.05) is 12.1 Å². The van der Waals surface area contributed by atoms with Crippen LogP contribution < -0.4 is 0 Å². The molecule has 0 saturated heterocycles. The molecule has 0 atom stereocenters. The van der Waals surface area contributed by atoms with Crippen molar-refractivity contribution in [2.75, 3.05) is 13.2 Å². The Kier molecular flexibility index (Phi) is 3.08. The van der Waals surface area contributed by atoms with E-state index >= 15 is 0 Å². The van der Waals surface area contributed by atoms with Crippen LogP contribution in [0.2, 0.25) is 0 Å². The van der Waals surface area contributed by atoms with E-state index in [1.165, 1.54) is 5.06 Å². The Morgan fingerprint density at radius 2 is 2.18 bits per heavy atom. The Morgan fingerprint density at radius 1 is 1.47 bits per heavy atom. The number of aliphatic carboxylic acids is 1. The average molecular weight is 230 g/mol. The second-order valence-electron chi connectivity index (χ2n) is 3.50. The van der Waals surface area contributed by atoms with Crippen molar-refractivity contribution < 1.29 is 14.7 Å². The number of hydrogen-bond donors (Lipinski definition) is 1. The second-order valence-corrected chi connectivity index (χ2v) is 3.50. The van der Waals surface area contributed by atoms with Gasteiger partial charge in [0.2, 0.25) is 0 Å². The van der Waals surface area contributed by atoms with Gasteiger partial charge in [0, 0.05) is 5.56 Å². The molecule has 1 N–H and O–H groups in total. The van der Waals surface area contributed by atoms with E-state index in [1.54, 1.807) is 24.3 Å². The number of hydrogen-bond acceptors (Lipinski definition) is 4. The number of rotatable bonds is 3. The number of carboxylic acid groups (broad SMARTS) is 1. The fourth-order valence-electron chi connectivity index (χ4n) is 1.61. The van der Waals surface area contributed by atoms with Crippen LogP contribution in [0.25, 0.3) is 5.70 Å². The molecule has 1 aliphatic rings. The predicted molar refractivity (Wildman–Crippen MR) is 59.4 cm³/mol.